The molecule has 0 atom stereocenters. The Bertz CT molecular complexity index is 465. The number of nitrogens with zero attached hydrogens (tertiary/aromatic N) is 2. The predicted molar refractivity (Wildman–Crippen MR) is 77.3 cm³/mol. The molecule has 0 unspecified atom stereocenters. The van der Waals surface area contributed by atoms with Crippen molar-refractivity contribution in [1.82, 2.24) is 20.4 Å². The molecular formula is C13H23N5O2. The maximum atomic E-state index is 11.9. The van der Waals surface area contributed by atoms with Crippen LogP contribution < -0.4 is 11.1 Å². The second kappa shape index (κ2) is 7.52. The number of nitrogens with one attached hydrogen (secondary N) is 2. The lowest BCUT2D eigenvalue weighted by Gasteiger charge is -2.18. The molecule has 0 aliphatic carbocycles. The van der Waals surface area contributed by atoms with E-state index >= 15 is 0 Å². The average Bonchev–Trinajstić information content (AvgIpc) is 2.81. The van der Waals surface area contributed by atoms with Crippen LogP contribution in [0.5, 0.6) is 0 Å². The van der Waals surface area contributed by atoms with Crippen LogP contribution in [-0.4, -0.2) is 46.5 Å². The monoisotopic (exact) mass is 281 g/mol. The number of hydrogen-bond donors (Lipinski definition) is 3. The van der Waals surface area contributed by atoms with Crippen molar-refractivity contribution in [2.75, 3.05) is 25.4 Å². The lowest BCUT2D eigenvalue weighted by Crippen LogP contribution is -2.34. The summed E-state index contributed by atoms with van der Waals surface area (Å²) in [5.74, 6) is -0.328. The van der Waals surface area contributed by atoms with Crippen molar-refractivity contribution in [3.63, 3.8) is 0 Å². The molecule has 7 heteroatoms. The zero-order chi connectivity index (χ0) is 15.1. The summed E-state index contributed by atoms with van der Waals surface area (Å²) in [6, 6.07) is 0. The van der Waals surface area contributed by atoms with Crippen LogP contribution in [0.3, 0.4) is 0 Å². The summed E-state index contributed by atoms with van der Waals surface area (Å²) in [7, 11) is 0. The molecule has 1 aromatic heterocycles. The highest BCUT2D eigenvalue weighted by Crippen LogP contribution is 2.13. The van der Waals surface area contributed by atoms with E-state index in [1.54, 1.807) is 4.90 Å². The minimum absolute atomic E-state index is 0.0274. The van der Waals surface area contributed by atoms with Crippen LogP contribution in [-0.2, 0) is 11.2 Å². The molecule has 20 heavy (non-hydrogen) atoms. The van der Waals surface area contributed by atoms with E-state index < -0.39 is 0 Å². The zero-order valence-electron chi connectivity index (χ0n) is 12.3. The van der Waals surface area contributed by atoms with Gasteiger partial charge in [-0.1, -0.05) is 6.92 Å². The Kier molecular flexibility index (Phi) is 6.02. The van der Waals surface area contributed by atoms with Crippen LogP contribution in [0.1, 0.15) is 43.4 Å². The maximum absolute atomic E-state index is 11.9. The van der Waals surface area contributed by atoms with E-state index in [9.17, 15) is 9.59 Å². The lowest BCUT2D eigenvalue weighted by molar-refractivity contribution is -0.130. The third-order valence-electron chi connectivity index (χ3n) is 3.19. The molecule has 0 radical (unpaired) electrons. The van der Waals surface area contributed by atoms with Gasteiger partial charge in [0.05, 0.1) is 11.4 Å². The fourth-order valence-electron chi connectivity index (χ4n) is 1.93. The van der Waals surface area contributed by atoms with Gasteiger partial charge in [-0.3, -0.25) is 14.7 Å². The quantitative estimate of drug-likeness (QED) is 0.678. The van der Waals surface area contributed by atoms with E-state index in [0.717, 1.165) is 5.69 Å². The average molecular weight is 281 g/mol. The molecule has 0 bridgehead atoms. The van der Waals surface area contributed by atoms with Gasteiger partial charge in [-0.25, -0.2) is 0 Å². The van der Waals surface area contributed by atoms with E-state index in [1.807, 2.05) is 20.8 Å². The summed E-state index contributed by atoms with van der Waals surface area (Å²) >= 11 is 0. The zero-order valence-corrected chi connectivity index (χ0v) is 12.3. The third-order valence-corrected chi connectivity index (χ3v) is 3.19. The predicted octanol–water partition coefficient (Wildman–Crippen LogP) is 0.543. The van der Waals surface area contributed by atoms with Crippen molar-refractivity contribution in [2.24, 2.45) is 0 Å². The minimum atomic E-state index is -0.356. The molecule has 112 valence electrons. The Balaban J connectivity index is 2.47. The number of hydrogen-bond acceptors (Lipinski definition) is 4. The van der Waals surface area contributed by atoms with Gasteiger partial charge in [-0.2, -0.15) is 5.10 Å². The van der Waals surface area contributed by atoms with Crippen molar-refractivity contribution in [3.8, 4) is 0 Å². The van der Waals surface area contributed by atoms with Gasteiger partial charge in [0.1, 0.15) is 0 Å². The summed E-state index contributed by atoms with van der Waals surface area (Å²) < 4.78 is 0. The molecule has 0 fully saturated rings. The number of nitrogen functional groups attached to an aromatic ring is 1. The molecule has 0 spiro atoms. The van der Waals surface area contributed by atoms with Gasteiger partial charge >= 0.3 is 0 Å². The first kappa shape index (κ1) is 16.0. The van der Waals surface area contributed by atoms with Crippen LogP contribution in [0.15, 0.2) is 0 Å². The Hall–Kier alpha value is -2.05. The smallest absolute Gasteiger partial charge is 0.273 e. The van der Waals surface area contributed by atoms with Crippen molar-refractivity contribution < 1.29 is 9.59 Å². The number of amides is 2. The van der Waals surface area contributed by atoms with Gasteiger partial charge in [-0.05, 0) is 20.3 Å². The number of carbonyl (C=O) groups is 2. The van der Waals surface area contributed by atoms with Crippen molar-refractivity contribution in [1.29, 1.82) is 0 Å². The van der Waals surface area contributed by atoms with Crippen LogP contribution in [0, 0.1) is 0 Å². The molecule has 1 rings (SSSR count). The number of carbonyl (C=O) groups excluding carboxylic acids is 2. The summed E-state index contributed by atoms with van der Waals surface area (Å²) in [4.78, 5) is 25.4. The van der Waals surface area contributed by atoms with Crippen LogP contribution in [0.25, 0.3) is 0 Å². The SMILES string of the molecule is CCc1[nH]nc(C(=O)NCCC(=O)N(CC)CC)c1N. The standard InChI is InChI=1S/C13H23N5O2/c1-4-9-11(14)12(17-16-9)13(20)15-8-7-10(19)18(5-2)6-3/h4-8,14H2,1-3H3,(H,15,20)(H,16,17). The Morgan fingerprint density at radius 3 is 2.45 bits per heavy atom. The molecular weight excluding hydrogens is 258 g/mol. The third kappa shape index (κ3) is 3.72. The Morgan fingerprint density at radius 1 is 1.30 bits per heavy atom. The first-order chi connectivity index (χ1) is 9.54. The van der Waals surface area contributed by atoms with Gasteiger partial charge in [0, 0.05) is 26.1 Å². The molecule has 7 nitrogen and oxygen atoms in total. The van der Waals surface area contributed by atoms with Gasteiger partial charge in [0.25, 0.3) is 5.91 Å². The van der Waals surface area contributed by atoms with E-state index in [2.05, 4.69) is 15.5 Å². The molecule has 1 heterocycles. The molecule has 0 aliphatic rings. The molecule has 0 saturated carbocycles. The van der Waals surface area contributed by atoms with Gasteiger partial charge in [0.15, 0.2) is 5.69 Å². The number of anilines is 1. The van der Waals surface area contributed by atoms with Crippen LogP contribution >= 0.6 is 0 Å². The highest BCUT2D eigenvalue weighted by Gasteiger charge is 2.16. The Morgan fingerprint density at radius 2 is 1.95 bits per heavy atom. The summed E-state index contributed by atoms with van der Waals surface area (Å²) in [6.45, 7) is 7.41. The van der Waals surface area contributed by atoms with Gasteiger partial charge in [0.2, 0.25) is 5.91 Å². The molecule has 1 aromatic rings. The number of aromatic nitrogens is 2. The molecule has 2 amide bonds. The molecule has 0 aliphatic heterocycles. The maximum Gasteiger partial charge on any atom is 0.273 e. The highest BCUT2D eigenvalue weighted by atomic mass is 16.2. The van der Waals surface area contributed by atoms with Gasteiger partial charge < -0.3 is 16.0 Å². The van der Waals surface area contributed by atoms with Crippen molar-refractivity contribution >= 4 is 17.5 Å². The second-order valence-corrected chi connectivity index (χ2v) is 4.39. The summed E-state index contributed by atoms with van der Waals surface area (Å²) in [6.07, 6.45) is 0.963. The fraction of sp³-hybridized carbons (Fsp3) is 0.615. The van der Waals surface area contributed by atoms with Crippen molar-refractivity contribution in [3.05, 3.63) is 11.4 Å². The minimum Gasteiger partial charge on any atom is -0.395 e. The van der Waals surface area contributed by atoms with E-state index in [4.69, 9.17) is 5.73 Å². The van der Waals surface area contributed by atoms with Gasteiger partial charge in [-0.15, -0.1) is 0 Å². The lowest BCUT2D eigenvalue weighted by atomic mass is 10.2. The Labute approximate surface area is 118 Å². The largest absolute Gasteiger partial charge is 0.395 e. The number of H-pyrrole nitrogens is 1. The van der Waals surface area contributed by atoms with Crippen molar-refractivity contribution in [2.45, 2.75) is 33.6 Å². The molecule has 0 aromatic carbocycles. The fourth-order valence-corrected chi connectivity index (χ4v) is 1.93. The first-order valence-corrected chi connectivity index (χ1v) is 6.93. The van der Waals surface area contributed by atoms with Crippen LogP contribution in [0.2, 0.25) is 0 Å². The summed E-state index contributed by atoms with van der Waals surface area (Å²) in [5.41, 5.74) is 7.12. The number of rotatable bonds is 7. The second-order valence-electron chi connectivity index (χ2n) is 4.39. The highest BCUT2D eigenvalue weighted by molar-refractivity contribution is 5.97. The number of aryl methyl sites for hydroxylation is 1. The summed E-state index contributed by atoms with van der Waals surface area (Å²) in [5, 5.41) is 9.29. The number of nitrogens with two attached hydrogens (primary N) is 1. The topological polar surface area (TPSA) is 104 Å². The van der Waals surface area contributed by atoms with E-state index in [0.29, 0.717) is 25.2 Å². The first-order valence-electron chi connectivity index (χ1n) is 6.93. The van der Waals surface area contributed by atoms with Crippen LogP contribution in [0.4, 0.5) is 5.69 Å². The number of aromatic amines is 1. The van der Waals surface area contributed by atoms with E-state index in [-0.39, 0.29) is 30.5 Å². The molecule has 4 N–H and O–H groups in total. The van der Waals surface area contributed by atoms with E-state index in [1.165, 1.54) is 0 Å². The molecule has 0 saturated heterocycles. The normalized spacial score (nSPS) is 10.3.